The first-order valence-corrected chi connectivity index (χ1v) is 12.2. The van der Waals surface area contributed by atoms with Crippen LogP contribution in [0.25, 0.3) is 0 Å². The molecule has 1 saturated heterocycles. The molecule has 1 heterocycles. The fourth-order valence-electron chi connectivity index (χ4n) is 4.31. The lowest BCUT2D eigenvalue weighted by molar-refractivity contribution is -0.122. The first-order valence-electron chi connectivity index (χ1n) is 10.7. The van der Waals surface area contributed by atoms with Gasteiger partial charge in [-0.05, 0) is 49.8 Å². The lowest BCUT2D eigenvalue weighted by Crippen LogP contribution is -2.42. The molecule has 0 spiro atoms. The van der Waals surface area contributed by atoms with Gasteiger partial charge in [-0.3, -0.25) is 10.2 Å². The highest BCUT2D eigenvalue weighted by Crippen LogP contribution is 2.29. The van der Waals surface area contributed by atoms with Crippen LogP contribution in [0.3, 0.4) is 0 Å². The monoisotopic (exact) mass is 418 g/mol. The number of amides is 1. The lowest BCUT2D eigenvalue weighted by Gasteiger charge is -2.32. The second kappa shape index (κ2) is 8.34. The van der Waals surface area contributed by atoms with E-state index in [1.54, 1.807) is 24.3 Å². The fraction of sp³-hybridized carbons (Fsp3) is 0.619. The molecule has 3 fully saturated rings. The predicted octanol–water partition coefficient (Wildman–Crippen LogP) is 2.33. The summed E-state index contributed by atoms with van der Waals surface area (Å²) in [6, 6.07) is 7.13. The number of carbonyl (C=O) groups excluding carboxylic acids is 1. The molecule has 3 aliphatic rings. The van der Waals surface area contributed by atoms with Crippen molar-refractivity contribution in [1.29, 1.82) is 5.41 Å². The molecule has 7 nitrogen and oxygen atoms in total. The molecular weight excluding hydrogens is 388 g/mol. The Morgan fingerprint density at radius 2 is 1.72 bits per heavy atom. The number of nitrogens with zero attached hydrogens (tertiary/aromatic N) is 2. The number of hydrogen-bond acceptors (Lipinski definition) is 4. The Bertz CT molecular complexity index is 858. The number of guanidine groups is 1. The summed E-state index contributed by atoms with van der Waals surface area (Å²) in [5, 5.41) is 11.4. The maximum Gasteiger partial charge on any atom is 0.266 e. The average molecular weight is 419 g/mol. The smallest absolute Gasteiger partial charge is 0.266 e. The second-order valence-corrected chi connectivity index (χ2v) is 10.2. The number of rotatable bonds is 7. The van der Waals surface area contributed by atoms with Gasteiger partial charge in [-0.1, -0.05) is 31.4 Å². The molecule has 1 amide bonds. The first-order chi connectivity index (χ1) is 14.0. The van der Waals surface area contributed by atoms with Gasteiger partial charge in [0.1, 0.15) is 0 Å². The van der Waals surface area contributed by atoms with E-state index in [0.29, 0.717) is 32.1 Å². The van der Waals surface area contributed by atoms with Gasteiger partial charge in [0.25, 0.3) is 10.0 Å². The van der Waals surface area contributed by atoms with Crippen molar-refractivity contribution in [3.8, 4) is 0 Å². The summed E-state index contributed by atoms with van der Waals surface area (Å²) in [5.41, 5.74) is 0.986. The summed E-state index contributed by atoms with van der Waals surface area (Å²) in [6.07, 6.45) is 8.28. The van der Waals surface area contributed by atoms with E-state index in [-0.39, 0.29) is 22.7 Å². The van der Waals surface area contributed by atoms with Crippen molar-refractivity contribution in [3.05, 3.63) is 29.8 Å². The molecule has 29 heavy (non-hydrogen) atoms. The van der Waals surface area contributed by atoms with E-state index in [1.165, 1.54) is 10.7 Å². The van der Waals surface area contributed by atoms with Gasteiger partial charge in [0.15, 0.2) is 0 Å². The molecule has 1 aromatic rings. The quantitative estimate of drug-likeness (QED) is 0.711. The molecular formula is C21H30N4O3S. The Balaban J connectivity index is 1.36. The van der Waals surface area contributed by atoms with Crippen LogP contribution in [0.2, 0.25) is 0 Å². The van der Waals surface area contributed by atoms with Gasteiger partial charge in [-0.2, -0.15) is 0 Å². The summed E-state index contributed by atoms with van der Waals surface area (Å²) < 4.78 is 27.4. The minimum Gasteiger partial charge on any atom is -0.356 e. The second-order valence-electron chi connectivity index (χ2n) is 8.35. The number of nitrogens with one attached hydrogen (secondary N) is 2. The van der Waals surface area contributed by atoms with Gasteiger partial charge in [0.05, 0.1) is 11.4 Å². The number of hydrogen-bond donors (Lipinski definition) is 2. The van der Waals surface area contributed by atoms with Crippen LogP contribution in [0.5, 0.6) is 0 Å². The lowest BCUT2D eigenvalue weighted by atomic mass is 9.94. The third-order valence-corrected chi connectivity index (χ3v) is 8.04. The van der Waals surface area contributed by atoms with Crippen molar-refractivity contribution in [1.82, 2.24) is 14.5 Å². The molecule has 4 rings (SSSR count). The molecule has 2 saturated carbocycles. The van der Waals surface area contributed by atoms with E-state index in [2.05, 4.69) is 5.32 Å². The van der Waals surface area contributed by atoms with E-state index >= 15 is 0 Å². The molecule has 1 aromatic carbocycles. The molecule has 2 N–H and O–H groups in total. The topological polar surface area (TPSA) is 93.6 Å². The first kappa shape index (κ1) is 20.2. The highest BCUT2D eigenvalue weighted by atomic mass is 32.2. The Labute approximate surface area is 173 Å². The third-order valence-electron chi connectivity index (χ3n) is 6.24. The molecule has 1 aliphatic heterocycles. The SMILES string of the molecule is N=C1N(C2CCCCC2)CCN1S(=O)(=O)c1ccc(CCNC(=O)C2CC2)cc1. The van der Waals surface area contributed by atoms with Gasteiger partial charge in [-0.15, -0.1) is 0 Å². The largest absolute Gasteiger partial charge is 0.356 e. The summed E-state index contributed by atoms with van der Waals surface area (Å²) in [6.45, 7) is 1.50. The van der Waals surface area contributed by atoms with Crippen molar-refractivity contribution < 1.29 is 13.2 Å². The summed E-state index contributed by atoms with van der Waals surface area (Å²) >= 11 is 0. The number of benzene rings is 1. The van der Waals surface area contributed by atoms with Crippen LogP contribution < -0.4 is 5.32 Å². The molecule has 158 valence electrons. The van der Waals surface area contributed by atoms with E-state index in [1.807, 2.05) is 4.90 Å². The summed E-state index contributed by atoms with van der Waals surface area (Å²) in [4.78, 5) is 13.9. The van der Waals surface area contributed by atoms with Gasteiger partial charge in [0, 0.05) is 25.0 Å². The van der Waals surface area contributed by atoms with Crippen LogP contribution in [0, 0.1) is 11.3 Å². The zero-order valence-electron chi connectivity index (χ0n) is 16.8. The Morgan fingerprint density at radius 3 is 2.38 bits per heavy atom. The predicted molar refractivity (Wildman–Crippen MR) is 111 cm³/mol. The molecule has 0 aromatic heterocycles. The Morgan fingerprint density at radius 1 is 1.03 bits per heavy atom. The van der Waals surface area contributed by atoms with Crippen LogP contribution in [-0.2, 0) is 21.2 Å². The summed E-state index contributed by atoms with van der Waals surface area (Å²) in [5.74, 6) is 0.439. The van der Waals surface area contributed by atoms with Gasteiger partial charge in [0.2, 0.25) is 11.9 Å². The zero-order chi connectivity index (χ0) is 20.4. The van der Waals surface area contributed by atoms with E-state index in [9.17, 15) is 13.2 Å². The van der Waals surface area contributed by atoms with Crippen molar-refractivity contribution in [3.63, 3.8) is 0 Å². The molecule has 0 atom stereocenters. The Hall–Kier alpha value is -2.09. The van der Waals surface area contributed by atoms with Crippen molar-refractivity contribution in [2.45, 2.75) is 62.3 Å². The standard InChI is InChI=1S/C21H30N4O3S/c22-21-24(18-4-2-1-3-5-18)14-15-25(21)29(27,28)19-10-6-16(7-11-19)12-13-23-20(26)17-8-9-17/h6-7,10-11,17-18,22H,1-5,8-9,12-15H2,(H,23,26). The highest BCUT2D eigenvalue weighted by Gasteiger charge is 2.38. The van der Waals surface area contributed by atoms with Crippen LogP contribution in [-0.4, -0.2) is 55.2 Å². The molecule has 2 aliphatic carbocycles. The number of sulfonamides is 1. The molecule has 8 heteroatoms. The van der Waals surface area contributed by atoms with Crippen molar-refractivity contribution in [2.75, 3.05) is 19.6 Å². The van der Waals surface area contributed by atoms with E-state index in [0.717, 1.165) is 44.1 Å². The van der Waals surface area contributed by atoms with E-state index < -0.39 is 10.0 Å². The third kappa shape index (κ3) is 4.42. The minimum absolute atomic E-state index is 0.115. The molecule has 0 bridgehead atoms. The van der Waals surface area contributed by atoms with Crippen molar-refractivity contribution >= 4 is 21.9 Å². The van der Waals surface area contributed by atoms with Crippen molar-refractivity contribution in [2.24, 2.45) is 5.92 Å². The Kier molecular flexibility index (Phi) is 5.81. The average Bonchev–Trinajstić information content (AvgIpc) is 3.51. The van der Waals surface area contributed by atoms with Gasteiger partial charge >= 0.3 is 0 Å². The van der Waals surface area contributed by atoms with Gasteiger partial charge in [-0.25, -0.2) is 12.7 Å². The minimum atomic E-state index is -3.72. The molecule has 0 radical (unpaired) electrons. The van der Waals surface area contributed by atoms with Crippen LogP contribution in [0.4, 0.5) is 0 Å². The van der Waals surface area contributed by atoms with E-state index in [4.69, 9.17) is 5.41 Å². The normalized spacial score (nSPS) is 20.9. The molecule has 0 unspecified atom stereocenters. The zero-order valence-corrected chi connectivity index (χ0v) is 17.6. The van der Waals surface area contributed by atoms with Crippen LogP contribution >= 0.6 is 0 Å². The highest BCUT2D eigenvalue weighted by molar-refractivity contribution is 7.89. The number of carbonyl (C=O) groups is 1. The van der Waals surface area contributed by atoms with Gasteiger partial charge < -0.3 is 10.2 Å². The maximum absolute atomic E-state index is 13.1. The fourth-order valence-corrected chi connectivity index (χ4v) is 5.70. The van der Waals surface area contributed by atoms with Crippen LogP contribution in [0.1, 0.15) is 50.5 Å². The summed E-state index contributed by atoms with van der Waals surface area (Å²) in [7, 11) is -3.72. The van der Waals surface area contributed by atoms with Crippen LogP contribution in [0.15, 0.2) is 29.2 Å². The maximum atomic E-state index is 13.1.